The Morgan fingerprint density at radius 2 is 1.96 bits per heavy atom. The molecular weight excluding hydrogens is 316 g/mol. The molecule has 1 aromatic rings. The summed E-state index contributed by atoms with van der Waals surface area (Å²) >= 11 is 0. The van der Waals surface area contributed by atoms with Crippen LogP contribution in [0.3, 0.4) is 0 Å². The lowest BCUT2D eigenvalue weighted by Gasteiger charge is -2.52. The molecule has 0 aromatic heterocycles. The summed E-state index contributed by atoms with van der Waals surface area (Å²) in [7, 11) is 0. The van der Waals surface area contributed by atoms with Crippen molar-refractivity contribution in [3.05, 3.63) is 28.8 Å². The predicted octanol–water partition coefficient (Wildman–Crippen LogP) is 3.80. The fourth-order valence-electron chi connectivity index (χ4n) is 6.61. The molecule has 4 atom stereocenters. The monoisotopic (exact) mass is 342 g/mol. The van der Waals surface area contributed by atoms with Gasteiger partial charge >= 0.3 is 0 Å². The van der Waals surface area contributed by atoms with Crippen molar-refractivity contribution in [1.29, 1.82) is 0 Å². The van der Waals surface area contributed by atoms with E-state index in [2.05, 4.69) is 6.92 Å². The number of rotatable bonds is 1. The van der Waals surface area contributed by atoms with E-state index < -0.39 is 0 Å². The number of carbonyl (C=O) groups is 1. The largest absolute Gasteiger partial charge is 0.507 e. The van der Waals surface area contributed by atoms with E-state index in [-0.39, 0.29) is 17.0 Å². The fraction of sp³-hybridized carbons (Fsp3) is 0.667. The predicted molar refractivity (Wildman–Crippen MR) is 92.7 cm³/mol. The Bertz CT molecular complexity index is 721. The summed E-state index contributed by atoms with van der Waals surface area (Å²) in [5.41, 5.74) is 3.06. The summed E-state index contributed by atoms with van der Waals surface area (Å²) in [4.78, 5) is 11.3. The molecule has 1 heterocycles. The lowest BCUT2D eigenvalue weighted by molar-refractivity contribution is -0.237. The van der Waals surface area contributed by atoms with E-state index in [9.17, 15) is 9.90 Å². The van der Waals surface area contributed by atoms with E-state index in [1.165, 1.54) is 17.5 Å². The molecule has 4 aliphatic rings. The maximum Gasteiger partial charge on any atom is 0.174 e. The Balaban J connectivity index is 1.52. The van der Waals surface area contributed by atoms with Crippen LogP contribution in [-0.2, 0) is 15.9 Å². The minimum atomic E-state index is -0.355. The van der Waals surface area contributed by atoms with Gasteiger partial charge in [-0.05, 0) is 73.1 Å². The molecule has 3 aliphatic carbocycles. The maximum atomic E-state index is 11.3. The number of hydrogen-bond acceptors (Lipinski definition) is 4. The van der Waals surface area contributed by atoms with Gasteiger partial charge in [0, 0.05) is 11.8 Å². The van der Waals surface area contributed by atoms with Gasteiger partial charge in [-0.25, -0.2) is 0 Å². The summed E-state index contributed by atoms with van der Waals surface area (Å²) in [6.07, 6.45) is 7.33. The average Bonchev–Trinajstić information content (AvgIpc) is 3.21. The maximum absolute atomic E-state index is 11.3. The van der Waals surface area contributed by atoms with Crippen LogP contribution in [0.15, 0.2) is 12.1 Å². The van der Waals surface area contributed by atoms with Gasteiger partial charge in [-0.15, -0.1) is 0 Å². The second-order valence-corrected chi connectivity index (χ2v) is 8.59. The molecule has 0 radical (unpaired) electrons. The Kier molecular flexibility index (Phi) is 3.36. The van der Waals surface area contributed by atoms with Gasteiger partial charge in [0.05, 0.1) is 18.8 Å². The molecule has 4 heteroatoms. The number of aryl methyl sites for hydroxylation is 1. The van der Waals surface area contributed by atoms with Crippen molar-refractivity contribution in [2.75, 3.05) is 13.2 Å². The van der Waals surface area contributed by atoms with Crippen LogP contribution in [0.4, 0.5) is 0 Å². The van der Waals surface area contributed by atoms with Crippen molar-refractivity contribution in [3.8, 4) is 5.75 Å². The zero-order valence-electron chi connectivity index (χ0n) is 14.8. The molecule has 1 spiro atoms. The van der Waals surface area contributed by atoms with Crippen LogP contribution in [0.1, 0.15) is 66.4 Å². The molecule has 0 bridgehead atoms. The normalized spacial score (nSPS) is 38.2. The first-order valence-electron chi connectivity index (χ1n) is 9.67. The Hall–Kier alpha value is -1.39. The average molecular weight is 342 g/mol. The molecule has 4 nitrogen and oxygen atoms in total. The first kappa shape index (κ1) is 15.8. The molecule has 1 N–H and O–H groups in total. The standard InChI is InChI=1S/C21H26O4/c1-20-6-4-15-16(18(20)5-7-21(20)24-8-9-25-21)3-2-13-11-19(23)14(12-22)10-17(13)15/h10-12,15-16,18,23H,2-9H2,1H3/t15-,16+,18-,20-/m0/s1. The summed E-state index contributed by atoms with van der Waals surface area (Å²) in [5, 5.41) is 10.0. The number of ether oxygens (including phenoxy) is 2. The third kappa shape index (κ3) is 1.98. The van der Waals surface area contributed by atoms with Crippen LogP contribution in [-0.4, -0.2) is 30.4 Å². The van der Waals surface area contributed by atoms with Gasteiger partial charge < -0.3 is 14.6 Å². The smallest absolute Gasteiger partial charge is 0.174 e. The number of carbonyl (C=O) groups excluding carboxylic acids is 1. The van der Waals surface area contributed by atoms with E-state index in [0.717, 1.165) is 51.6 Å². The second-order valence-electron chi connectivity index (χ2n) is 8.59. The molecule has 5 rings (SSSR count). The van der Waals surface area contributed by atoms with E-state index in [4.69, 9.17) is 9.47 Å². The summed E-state index contributed by atoms with van der Waals surface area (Å²) in [6, 6.07) is 3.77. The number of benzene rings is 1. The van der Waals surface area contributed by atoms with Crippen LogP contribution >= 0.6 is 0 Å². The van der Waals surface area contributed by atoms with Crippen LogP contribution in [0.5, 0.6) is 5.75 Å². The minimum Gasteiger partial charge on any atom is -0.507 e. The third-order valence-electron chi connectivity index (χ3n) is 7.80. The highest BCUT2D eigenvalue weighted by atomic mass is 16.7. The molecule has 1 aliphatic heterocycles. The van der Waals surface area contributed by atoms with Crippen LogP contribution < -0.4 is 0 Å². The lowest BCUT2D eigenvalue weighted by Crippen LogP contribution is -2.51. The number of hydrogen-bond donors (Lipinski definition) is 1. The number of fused-ring (bicyclic) bond motifs is 6. The van der Waals surface area contributed by atoms with Crippen molar-refractivity contribution in [2.24, 2.45) is 17.3 Å². The fourth-order valence-corrected chi connectivity index (χ4v) is 6.61. The van der Waals surface area contributed by atoms with Gasteiger partial charge in [-0.1, -0.05) is 6.92 Å². The van der Waals surface area contributed by atoms with E-state index >= 15 is 0 Å². The Morgan fingerprint density at radius 1 is 1.16 bits per heavy atom. The van der Waals surface area contributed by atoms with Crippen molar-refractivity contribution in [1.82, 2.24) is 0 Å². The molecule has 2 saturated carbocycles. The zero-order valence-corrected chi connectivity index (χ0v) is 14.8. The molecule has 134 valence electrons. The van der Waals surface area contributed by atoms with Gasteiger partial charge in [-0.3, -0.25) is 4.79 Å². The summed E-state index contributed by atoms with van der Waals surface area (Å²) in [6.45, 7) is 3.83. The molecule has 3 fully saturated rings. The summed E-state index contributed by atoms with van der Waals surface area (Å²) in [5.74, 6) is 1.51. The number of phenolic OH excluding ortho intramolecular Hbond substituents is 1. The Labute approximate surface area is 148 Å². The van der Waals surface area contributed by atoms with Gasteiger partial charge in [0.15, 0.2) is 12.1 Å². The molecule has 25 heavy (non-hydrogen) atoms. The first-order valence-corrected chi connectivity index (χ1v) is 9.67. The highest BCUT2D eigenvalue weighted by Crippen LogP contribution is 2.66. The number of aromatic hydroxyl groups is 1. The number of phenols is 1. The topological polar surface area (TPSA) is 55.8 Å². The van der Waals surface area contributed by atoms with Crippen LogP contribution in [0, 0.1) is 17.3 Å². The van der Waals surface area contributed by atoms with Gasteiger partial charge in [0.25, 0.3) is 0 Å². The van der Waals surface area contributed by atoms with Crippen LogP contribution in [0.2, 0.25) is 0 Å². The van der Waals surface area contributed by atoms with Crippen LogP contribution in [0.25, 0.3) is 0 Å². The first-order chi connectivity index (χ1) is 12.1. The molecule has 0 unspecified atom stereocenters. The quantitative estimate of drug-likeness (QED) is 0.789. The third-order valence-corrected chi connectivity index (χ3v) is 7.80. The summed E-state index contributed by atoms with van der Waals surface area (Å²) < 4.78 is 12.3. The molecule has 1 aromatic carbocycles. The Morgan fingerprint density at radius 3 is 2.72 bits per heavy atom. The SMILES string of the molecule is C[C@]12CC[C@@H]3c4cc(C=O)c(O)cc4CC[C@H]3[C@@H]1CCC21OCCO1. The molecular formula is C21H26O4. The lowest BCUT2D eigenvalue weighted by atomic mass is 9.54. The van der Waals surface area contributed by atoms with Crippen molar-refractivity contribution in [3.63, 3.8) is 0 Å². The highest BCUT2D eigenvalue weighted by Gasteiger charge is 2.64. The molecule has 1 saturated heterocycles. The molecule has 0 amide bonds. The highest BCUT2D eigenvalue weighted by molar-refractivity contribution is 5.80. The van der Waals surface area contributed by atoms with Gasteiger partial charge in [-0.2, -0.15) is 0 Å². The zero-order chi connectivity index (χ0) is 17.2. The number of aldehydes is 1. The van der Waals surface area contributed by atoms with Crippen molar-refractivity contribution in [2.45, 2.75) is 57.2 Å². The second kappa shape index (κ2) is 5.31. The van der Waals surface area contributed by atoms with E-state index in [1.54, 1.807) is 0 Å². The van der Waals surface area contributed by atoms with Crippen molar-refractivity contribution >= 4 is 6.29 Å². The van der Waals surface area contributed by atoms with E-state index in [0.29, 0.717) is 23.3 Å². The van der Waals surface area contributed by atoms with Gasteiger partial charge in [0.2, 0.25) is 0 Å². The van der Waals surface area contributed by atoms with E-state index in [1.807, 2.05) is 12.1 Å². The van der Waals surface area contributed by atoms with Crippen molar-refractivity contribution < 1.29 is 19.4 Å². The minimum absolute atomic E-state index is 0.104. The van der Waals surface area contributed by atoms with Gasteiger partial charge in [0.1, 0.15) is 5.75 Å².